The van der Waals surface area contributed by atoms with E-state index in [-0.39, 0.29) is 31.1 Å². The predicted molar refractivity (Wildman–Crippen MR) is 247 cm³/mol. The zero-order valence-electron chi connectivity index (χ0n) is 38.3. The van der Waals surface area contributed by atoms with Crippen molar-refractivity contribution in [3.05, 3.63) is 48.6 Å². The van der Waals surface area contributed by atoms with Crippen LogP contribution >= 0.6 is 0 Å². The highest BCUT2D eigenvalue weighted by Gasteiger charge is 2.19. The Kier molecular flexibility index (Phi) is 44.9. The summed E-state index contributed by atoms with van der Waals surface area (Å²) in [6.07, 6.45) is 55.3. The van der Waals surface area contributed by atoms with Gasteiger partial charge in [0.15, 0.2) is 6.10 Å². The molecule has 0 aliphatic heterocycles. The van der Waals surface area contributed by atoms with Gasteiger partial charge in [-0.05, 0) is 77.0 Å². The van der Waals surface area contributed by atoms with Gasteiger partial charge in [-0.15, -0.1) is 0 Å². The molecule has 0 radical (unpaired) electrons. The van der Waals surface area contributed by atoms with Crippen LogP contribution in [-0.2, 0) is 28.6 Å². The van der Waals surface area contributed by atoms with Gasteiger partial charge in [0.25, 0.3) is 0 Å². The lowest BCUT2D eigenvalue weighted by atomic mass is 10.0. The summed E-state index contributed by atoms with van der Waals surface area (Å²) in [5.74, 6) is -0.941. The Morgan fingerprint density at radius 1 is 0.362 bits per heavy atom. The van der Waals surface area contributed by atoms with E-state index < -0.39 is 6.10 Å². The summed E-state index contributed by atoms with van der Waals surface area (Å²) < 4.78 is 16.7. The van der Waals surface area contributed by atoms with E-state index in [1.54, 1.807) is 0 Å². The van der Waals surface area contributed by atoms with E-state index in [1.807, 2.05) is 0 Å². The Bertz CT molecular complexity index is 1030. The van der Waals surface area contributed by atoms with Gasteiger partial charge in [-0.2, -0.15) is 0 Å². The highest BCUT2D eigenvalue weighted by molar-refractivity contribution is 5.71. The number of carbonyl (C=O) groups is 3. The molecule has 0 saturated heterocycles. The second-order valence-corrected chi connectivity index (χ2v) is 16.3. The van der Waals surface area contributed by atoms with E-state index in [1.165, 1.54) is 116 Å². The molecule has 0 aromatic carbocycles. The lowest BCUT2D eigenvalue weighted by Crippen LogP contribution is -2.30. The first kappa shape index (κ1) is 55.4. The third-order valence-corrected chi connectivity index (χ3v) is 10.6. The Hall–Kier alpha value is -2.63. The number of carbonyl (C=O) groups excluding carboxylic acids is 3. The molecule has 6 heteroatoms. The fraction of sp³-hybridized carbons (Fsp3) is 0.788. The summed E-state index contributed by atoms with van der Waals surface area (Å²) in [6.45, 7) is 6.47. The summed E-state index contributed by atoms with van der Waals surface area (Å²) in [6, 6.07) is 0. The minimum Gasteiger partial charge on any atom is -0.462 e. The van der Waals surface area contributed by atoms with Gasteiger partial charge < -0.3 is 14.2 Å². The van der Waals surface area contributed by atoms with Crippen LogP contribution in [0.25, 0.3) is 0 Å². The number of hydrogen-bond donors (Lipinski definition) is 0. The SMILES string of the molecule is CC/C=C\C/C=C\C/C=C\CCCCC(=O)OCC(COC(=O)CCCCC/C=C\CCCCCCCCC)OC(=O)CCCCCCCCCCCCCCCC. The summed E-state index contributed by atoms with van der Waals surface area (Å²) in [4.78, 5) is 37.8. The van der Waals surface area contributed by atoms with Crippen molar-refractivity contribution in [3.8, 4) is 0 Å². The van der Waals surface area contributed by atoms with Gasteiger partial charge >= 0.3 is 17.9 Å². The van der Waals surface area contributed by atoms with Gasteiger partial charge in [-0.1, -0.05) is 198 Å². The fourth-order valence-electron chi connectivity index (χ4n) is 6.86. The van der Waals surface area contributed by atoms with Crippen LogP contribution in [0.2, 0.25) is 0 Å². The highest BCUT2D eigenvalue weighted by Crippen LogP contribution is 2.15. The molecule has 0 aromatic heterocycles. The predicted octanol–water partition coefficient (Wildman–Crippen LogP) is 15.9. The van der Waals surface area contributed by atoms with Gasteiger partial charge in [0.05, 0.1) is 0 Å². The van der Waals surface area contributed by atoms with Crippen LogP contribution < -0.4 is 0 Å². The first-order valence-corrected chi connectivity index (χ1v) is 24.6. The van der Waals surface area contributed by atoms with Gasteiger partial charge in [0.1, 0.15) is 13.2 Å². The monoisotopic (exact) mass is 813 g/mol. The third-order valence-electron chi connectivity index (χ3n) is 10.6. The molecule has 0 aromatic rings. The maximum Gasteiger partial charge on any atom is 0.306 e. The smallest absolute Gasteiger partial charge is 0.306 e. The number of ether oxygens (including phenoxy) is 3. The molecule has 1 unspecified atom stereocenters. The second-order valence-electron chi connectivity index (χ2n) is 16.3. The van der Waals surface area contributed by atoms with E-state index in [0.717, 1.165) is 89.9 Å². The minimum atomic E-state index is -0.790. The molecule has 0 rings (SSSR count). The molecule has 6 nitrogen and oxygen atoms in total. The molecule has 0 N–H and O–H groups in total. The van der Waals surface area contributed by atoms with Gasteiger partial charge in [0.2, 0.25) is 0 Å². The van der Waals surface area contributed by atoms with Crippen molar-refractivity contribution in [3.63, 3.8) is 0 Å². The van der Waals surface area contributed by atoms with E-state index in [4.69, 9.17) is 14.2 Å². The lowest BCUT2D eigenvalue weighted by Gasteiger charge is -2.18. The molecular weight excluding hydrogens is 721 g/mol. The maximum atomic E-state index is 12.8. The van der Waals surface area contributed by atoms with Crippen molar-refractivity contribution >= 4 is 17.9 Å². The maximum absolute atomic E-state index is 12.8. The topological polar surface area (TPSA) is 78.9 Å². The van der Waals surface area contributed by atoms with E-state index >= 15 is 0 Å². The number of unbranched alkanes of at least 4 members (excludes halogenated alkanes) is 25. The van der Waals surface area contributed by atoms with Crippen molar-refractivity contribution in [2.75, 3.05) is 13.2 Å². The number of allylic oxidation sites excluding steroid dienone is 8. The molecule has 0 aliphatic rings. The third kappa shape index (κ3) is 44.5. The average Bonchev–Trinajstić information content (AvgIpc) is 3.22. The highest BCUT2D eigenvalue weighted by atomic mass is 16.6. The zero-order valence-corrected chi connectivity index (χ0v) is 38.3. The molecule has 0 heterocycles. The standard InChI is InChI=1S/C52H92O6/c1-4-7-10-13-16-19-22-25-27-30-33-36-39-42-45-51(54)57-48-49(47-56-50(53)44-41-38-35-32-29-24-21-18-15-12-9-6-3)58-52(55)46-43-40-37-34-31-28-26-23-20-17-14-11-8-5-2/h9,12,18,21,27,29-30,32,49H,4-8,10-11,13-17,19-20,22-26,28,31,33-48H2,1-3H3/b12-9-,21-18-,30-27-,32-29-. The molecule has 0 saturated carbocycles. The molecule has 0 spiro atoms. The van der Waals surface area contributed by atoms with E-state index in [0.29, 0.717) is 19.3 Å². The van der Waals surface area contributed by atoms with Crippen LogP contribution in [0.5, 0.6) is 0 Å². The van der Waals surface area contributed by atoms with Crippen LogP contribution in [0.3, 0.4) is 0 Å². The van der Waals surface area contributed by atoms with Crippen LogP contribution in [0, 0.1) is 0 Å². The summed E-state index contributed by atoms with van der Waals surface area (Å²) >= 11 is 0. The summed E-state index contributed by atoms with van der Waals surface area (Å²) in [7, 11) is 0. The molecule has 0 aliphatic carbocycles. The minimum absolute atomic E-state index is 0.0912. The van der Waals surface area contributed by atoms with Crippen molar-refractivity contribution in [1.82, 2.24) is 0 Å². The fourth-order valence-corrected chi connectivity index (χ4v) is 6.86. The van der Waals surface area contributed by atoms with Crippen LogP contribution in [0.4, 0.5) is 0 Å². The molecule has 0 amide bonds. The molecular formula is C52H92O6. The molecule has 0 fully saturated rings. The van der Waals surface area contributed by atoms with Gasteiger partial charge in [-0.3, -0.25) is 14.4 Å². The molecule has 58 heavy (non-hydrogen) atoms. The Labute approximate surface area is 358 Å². The Morgan fingerprint density at radius 2 is 0.672 bits per heavy atom. The van der Waals surface area contributed by atoms with E-state index in [9.17, 15) is 14.4 Å². The quantitative estimate of drug-likeness (QED) is 0.0264. The average molecular weight is 813 g/mol. The van der Waals surface area contributed by atoms with Gasteiger partial charge in [0, 0.05) is 19.3 Å². The molecule has 336 valence electrons. The van der Waals surface area contributed by atoms with E-state index in [2.05, 4.69) is 69.4 Å². The van der Waals surface area contributed by atoms with Crippen molar-refractivity contribution in [2.24, 2.45) is 0 Å². The summed E-state index contributed by atoms with van der Waals surface area (Å²) in [5.41, 5.74) is 0. The zero-order chi connectivity index (χ0) is 42.3. The van der Waals surface area contributed by atoms with Crippen molar-refractivity contribution in [1.29, 1.82) is 0 Å². The van der Waals surface area contributed by atoms with Crippen LogP contribution in [0.1, 0.15) is 245 Å². The van der Waals surface area contributed by atoms with Crippen LogP contribution in [0.15, 0.2) is 48.6 Å². The normalized spacial score (nSPS) is 12.4. The molecule has 0 bridgehead atoms. The number of esters is 3. The largest absolute Gasteiger partial charge is 0.462 e. The first-order valence-electron chi connectivity index (χ1n) is 24.6. The number of hydrogen-bond acceptors (Lipinski definition) is 6. The lowest BCUT2D eigenvalue weighted by molar-refractivity contribution is -0.167. The van der Waals surface area contributed by atoms with Crippen LogP contribution in [-0.4, -0.2) is 37.2 Å². The Morgan fingerprint density at radius 3 is 1.12 bits per heavy atom. The Balaban J connectivity index is 4.42. The number of rotatable bonds is 44. The van der Waals surface area contributed by atoms with Crippen molar-refractivity contribution < 1.29 is 28.6 Å². The first-order chi connectivity index (χ1) is 28.5. The summed E-state index contributed by atoms with van der Waals surface area (Å²) in [5, 5.41) is 0. The van der Waals surface area contributed by atoms with Crippen molar-refractivity contribution in [2.45, 2.75) is 252 Å². The second kappa shape index (κ2) is 47.1. The molecule has 1 atom stereocenters. The van der Waals surface area contributed by atoms with Gasteiger partial charge in [-0.25, -0.2) is 0 Å².